The summed E-state index contributed by atoms with van der Waals surface area (Å²) in [5.74, 6) is -0.551. The number of ether oxygens (including phenoxy) is 1. The van der Waals surface area contributed by atoms with Crippen molar-refractivity contribution >= 4 is 23.2 Å². The smallest absolute Gasteiger partial charge is 0.370 e. The van der Waals surface area contributed by atoms with E-state index in [1.54, 1.807) is 0 Å². The highest BCUT2D eigenvalue weighted by atomic mass is 19.4. The van der Waals surface area contributed by atoms with Crippen molar-refractivity contribution in [3.05, 3.63) is 23.8 Å². The summed E-state index contributed by atoms with van der Waals surface area (Å²) in [5, 5.41) is 5.37. The second-order valence-electron chi connectivity index (χ2n) is 7.31. The minimum atomic E-state index is -4.70. The maximum Gasteiger partial charge on any atom is 0.418 e. The van der Waals surface area contributed by atoms with Crippen LogP contribution in [0, 0.1) is 5.92 Å². The summed E-state index contributed by atoms with van der Waals surface area (Å²) in [4.78, 5) is 25.7. The van der Waals surface area contributed by atoms with Crippen LogP contribution in [0.2, 0.25) is 0 Å². The predicted octanol–water partition coefficient (Wildman–Crippen LogP) is 1.72. The van der Waals surface area contributed by atoms with Gasteiger partial charge in [-0.05, 0) is 43.5 Å². The van der Waals surface area contributed by atoms with Crippen LogP contribution in [0.3, 0.4) is 0 Å². The molecular formula is C19H25F3N4O3. The van der Waals surface area contributed by atoms with Gasteiger partial charge in [-0.2, -0.15) is 13.2 Å². The second-order valence-corrected chi connectivity index (χ2v) is 7.31. The van der Waals surface area contributed by atoms with Gasteiger partial charge in [0.2, 0.25) is 5.91 Å². The van der Waals surface area contributed by atoms with Crippen molar-refractivity contribution in [3.63, 3.8) is 0 Å². The van der Waals surface area contributed by atoms with E-state index in [-0.39, 0.29) is 37.7 Å². The Hall–Kier alpha value is -2.17. The Balaban J connectivity index is 1.76. The number of hydrogen-bond donors (Lipinski definition) is 3. The summed E-state index contributed by atoms with van der Waals surface area (Å²) in [6, 6.07) is 2.64. The van der Waals surface area contributed by atoms with Crippen molar-refractivity contribution in [2.75, 3.05) is 43.1 Å². The molecule has 0 unspecified atom stereocenters. The number of morpholine rings is 1. The fraction of sp³-hybridized carbons (Fsp3) is 0.579. The summed E-state index contributed by atoms with van der Waals surface area (Å²) in [5.41, 5.74) is 4.36. The van der Waals surface area contributed by atoms with Gasteiger partial charge in [0.25, 0.3) is 5.91 Å². The van der Waals surface area contributed by atoms with Gasteiger partial charge in [0.05, 0.1) is 23.9 Å². The van der Waals surface area contributed by atoms with E-state index in [0.717, 1.165) is 31.4 Å². The number of carbonyl (C=O) groups excluding carboxylic acids is 2. The summed E-state index contributed by atoms with van der Waals surface area (Å²) in [6.07, 6.45) is -1.40. The van der Waals surface area contributed by atoms with Crippen LogP contribution in [0.15, 0.2) is 18.2 Å². The number of nitrogens with two attached hydrogens (primary N) is 1. The molecule has 1 atom stereocenters. The number of nitrogens with one attached hydrogen (secondary N) is 2. The lowest BCUT2D eigenvalue weighted by Gasteiger charge is -2.29. The van der Waals surface area contributed by atoms with Crippen molar-refractivity contribution in [1.29, 1.82) is 0 Å². The van der Waals surface area contributed by atoms with E-state index in [2.05, 4.69) is 10.6 Å². The average Bonchev–Trinajstić information content (AvgIpc) is 2.63. The van der Waals surface area contributed by atoms with Crippen molar-refractivity contribution in [1.82, 2.24) is 5.32 Å². The fourth-order valence-corrected chi connectivity index (χ4v) is 3.34. The first kappa shape index (κ1) is 21.5. The number of anilines is 2. The summed E-state index contributed by atoms with van der Waals surface area (Å²) >= 11 is 0. The number of nitrogens with zero attached hydrogens (tertiary/aromatic N) is 1. The number of amides is 2. The Kier molecular flexibility index (Phi) is 6.76. The first-order chi connectivity index (χ1) is 13.8. The normalized spacial score (nSPS) is 19.0. The topological polar surface area (TPSA) is 96.7 Å². The van der Waals surface area contributed by atoms with E-state index in [1.807, 2.05) is 0 Å². The predicted molar refractivity (Wildman–Crippen MR) is 101 cm³/mol. The van der Waals surface area contributed by atoms with Crippen LogP contribution in [0.4, 0.5) is 24.5 Å². The van der Waals surface area contributed by atoms with Crippen molar-refractivity contribution in [3.8, 4) is 0 Å². The Labute approximate surface area is 166 Å². The van der Waals surface area contributed by atoms with Gasteiger partial charge in [0.15, 0.2) is 0 Å². The maximum atomic E-state index is 13.6. The van der Waals surface area contributed by atoms with Crippen molar-refractivity contribution in [2.45, 2.75) is 31.5 Å². The molecule has 1 heterocycles. The molecule has 0 bridgehead atoms. The van der Waals surface area contributed by atoms with Crippen LogP contribution in [0.25, 0.3) is 0 Å². The third kappa shape index (κ3) is 5.26. The number of alkyl halides is 3. The third-order valence-corrected chi connectivity index (χ3v) is 5.29. The highest BCUT2D eigenvalue weighted by molar-refractivity contribution is 5.97. The number of benzene rings is 1. The van der Waals surface area contributed by atoms with Gasteiger partial charge < -0.3 is 26.0 Å². The van der Waals surface area contributed by atoms with Gasteiger partial charge in [-0.25, -0.2) is 0 Å². The van der Waals surface area contributed by atoms with E-state index in [9.17, 15) is 22.8 Å². The minimum Gasteiger partial charge on any atom is -0.370 e. The molecule has 2 amide bonds. The Morgan fingerprint density at radius 3 is 2.69 bits per heavy atom. The zero-order valence-electron chi connectivity index (χ0n) is 15.9. The molecule has 10 heteroatoms. The van der Waals surface area contributed by atoms with Crippen LogP contribution in [0.1, 0.15) is 24.8 Å². The molecule has 1 aromatic carbocycles. The zero-order valence-corrected chi connectivity index (χ0v) is 15.9. The highest BCUT2D eigenvalue weighted by Gasteiger charge is 2.36. The number of rotatable bonds is 7. The van der Waals surface area contributed by atoms with Crippen LogP contribution in [0.5, 0.6) is 0 Å². The van der Waals surface area contributed by atoms with Crippen molar-refractivity contribution in [2.24, 2.45) is 11.7 Å². The van der Waals surface area contributed by atoms with E-state index >= 15 is 0 Å². The molecule has 0 spiro atoms. The van der Waals surface area contributed by atoms with Crippen LogP contribution in [-0.4, -0.2) is 50.7 Å². The molecule has 29 heavy (non-hydrogen) atoms. The molecule has 0 aromatic heterocycles. The van der Waals surface area contributed by atoms with Crippen LogP contribution >= 0.6 is 0 Å². The minimum absolute atomic E-state index is 0.0275. The zero-order chi connectivity index (χ0) is 21.0. The van der Waals surface area contributed by atoms with Gasteiger partial charge in [-0.15, -0.1) is 0 Å². The van der Waals surface area contributed by atoms with E-state index in [0.29, 0.717) is 12.5 Å². The van der Waals surface area contributed by atoms with Gasteiger partial charge in [-0.1, -0.05) is 6.42 Å². The molecule has 0 radical (unpaired) electrons. The molecule has 1 saturated carbocycles. The molecule has 1 aromatic rings. The summed E-state index contributed by atoms with van der Waals surface area (Å²) in [6.45, 7) is 0.822. The quantitative estimate of drug-likeness (QED) is 0.632. The monoisotopic (exact) mass is 414 g/mol. The molecule has 1 aliphatic heterocycles. The summed E-state index contributed by atoms with van der Waals surface area (Å²) < 4.78 is 45.8. The molecule has 3 rings (SSSR count). The molecule has 160 valence electrons. The largest absolute Gasteiger partial charge is 0.418 e. The maximum absolute atomic E-state index is 13.6. The van der Waals surface area contributed by atoms with Crippen molar-refractivity contribution < 1.29 is 27.5 Å². The first-order valence-corrected chi connectivity index (χ1v) is 9.63. The molecule has 7 nitrogen and oxygen atoms in total. The van der Waals surface area contributed by atoms with Crippen LogP contribution in [-0.2, 0) is 20.5 Å². The van der Waals surface area contributed by atoms with Gasteiger partial charge in [-0.3, -0.25) is 9.59 Å². The molecule has 4 N–H and O–H groups in total. The Morgan fingerprint density at radius 2 is 2.10 bits per heavy atom. The van der Waals surface area contributed by atoms with Crippen LogP contribution < -0.4 is 21.3 Å². The Bertz CT molecular complexity index is 753. The number of hydrogen-bond acceptors (Lipinski definition) is 5. The lowest BCUT2D eigenvalue weighted by Crippen LogP contribution is -2.48. The molecule has 2 aliphatic rings. The van der Waals surface area contributed by atoms with Gasteiger partial charge in [0.1, 0.15) is 6.61 Å². The van der Waals surface area contributed by atoms with Gasteiger partial charge >= 0.3 is 6.18 Å². The molecule has 1 aliphatic carbocycles. The first-order valence-electron chi connectivity index (χ1n) is 9.63. The SMILES string of the molecule is NC[C@@H](NCC1CCC1)C(=O)Nc1ccc(N2CCOCC2=O)cc1C(F)(F)F. The second kappa shape index (κ2) is 9.10. The average molecular weight is 414 g/mol. The number of carbonyl (C=O) groups is 2. The third-order valence-electron chi connectivity index (χ3n) is 5.29. The van der Waals surface area contributed by atoms with E-state index in [4.69, 9.17) is 10.5 Å². The standard InChI is InChI=1S/C19H25F3N4O3/c20-19(21,22)14-8-13(26-6-7-29-11-17(26)27)4-5-15(14)25-18(28)16(9-23)24-10-12-2-1-3-12/h4-5,8,12,16,24H,1-3,6-7,9-11,23H2,(H,25,28)/t16-/m1/s1. The van der Waals surface area contributed by atoms with Gasteiger partial charge in [0, 0.05) is 18.8 Å². The van der Waals surface area contributed by atoms with E-state index in [1.165, 1.54) is 11.0 Å². The van der Waals surface area contributed by atoms with E-state index < -0.39 is 29.6 Å². The molecule has 1 saturated heterocycles. The lowest BCUT2D eigenvalue weighted by atomic mass is 9.85. The number of halogens is 3. The summed E-state index contributed by atoms with van der Waals surface area (Å²) in [7, 11) is 0. The lowest BCUT2D eigenvalue weighted by molar-refractivity contribution is -0.137. The highest BCUT2D eigenvalue weighted by Crippen LogP contribution is 2.37. The Morgan fingerprint density at radius 1 is 1.34 bits per heavy atom. The molecular weight excluding hydrogens is 389 g/mol. The fourth-order valence-electron chi connectivity index (χ4n) is 3.34. The molecule has 2 fully saturated rings.